The topological polar surface area (TPSA) is 70.7 Å². The standard InChI is InChI=1S/C13H18N4O/c18-13(12-6-14-17-16-12)15-11-5-7-4-10(11)9-3-1-2-8(7)9/h6-11H,1-5H2,(H,15,18)(H,14,16,17). The molecule has 1 aromatic rings. The van der Waals surface area contributed by atoms with Crippen LogP contribution in [-0.2, 0) is 0 Å². The number of fused-ring (bicyclic) bond motifs is 5. The van der Waals surface area contributed by atoms with Crippen molar-refractivity contribution in [1.82, 2.24) is 20.7 Å². The van der Waals surface area contributed by atoms with Crippen LogP contribution in [-0.4, -0.2) is 27.4 Å². The highest BCUT2D eigenvalue weighted by atomic mass is 16.2. The molecule has 3 aliphatic carbocycles. The van der Waals surface area contributed by atoms with Gasteiger partial charge < -0.3 is 5.32 Å². The Morgan fingerprint density at radius 1 is 1.28 bits per heavy atom. The average Bonchev–Trinajstić information content (AvgIpc) is 3.11. The van der Waals surface area contributed by atoms with Gasteiger partial charge in [-0.15, -0.1) is 0 Å². The third kappa shape index (κ3) is 1.42. The molecule has 4 rings (SSSR count). The number of amides is 1. The molecule has 1 heterocycles. The summed E-state index contributed by atoms with van der Waals surface area (Å²) in [7, 11) is 0. The molecule has 0 aromatic carbocycles. The summed E-state index contributed by atoms with van der Waals surface area (Å²) in [4.78, 5) is 12.0. The van der Waals surface area contributed by atoms with Crippen molar-refractivity contribution in [3.05, 3.63) is 11.9 Å². The van der Waals surface area contributed by atoms with Crippen LogP contribution >= 0.6 is 0 Å². The van der Waals surface area contributed by atoms with Gasteiger partial charge in [-0.25, -0.2) is 0 Å². The lowest BCUT2D eigenvalue weighted by atomic mass is 9.79. The van der Waals surface area contributed by atoms with Gasteiger partial charge >= 0.3 is 0 Å². The van der Waals surface area contributed by atoms with Gasteiger partial charge in [-0.1, -0.05) is 6.42 Å². The van der Waals surface area contributed by atoms with E-state index >= 15 is 0 Å². The quantitative estimate of drug-likeness (QED) is 0.827. The van der Waals surface area contributed by atoms with Crippen molar-refractivity contribution >= 4 is 5.91 Å². The molecule has 2 bridgehead atoms. The first-order valence-electron chi connectivity index (χ1n) is 6.99. The van der Waals surface area contributed by atoms with Crippen LogP contribution in [0.4, 0.5) is 0 Å². The molecule has 2 N–H and O–H groups in total. The van der Waals surface area contributed by atoms with E-state index < -0.39 is 0 Å². The smallest absolute Gasteiger partial charge is 0.273 e. The number of aromatic nitrogens is 3. The third-order valence-corrected chi connectivity index (χ3v) is 5.39. The van der Waals surface area contributed by atoms with E-state index in [0.717, 1.165) is 23.7 Å². The maximum absolute atomic E-state index is 12.0. The number of carbonyl (C=O) groups is 1. The first kappa shape index (κ1) is 10.5. The summed E-state index contributed by atoms with van der Waals surface area (Å²) in [5.41, 5.74) is 0.403. The fraction of sp³-hybridized carbons (Fsp3) is 0.769. The molecule has 5 heteroatoms. The number of hydrogen-bond donors (Lipinski definition) is 2. The van der Waals surface area contributed by atoms with Gasteiger partial charge in [-0.2, -0.15) is 15.4 Å². The number of aromatic amines is 1. The Morgan fingerprint density at radius 3 is 3.00 bits per heavy atom. The second-order valence-corrected chi connectivity index (χ2v) is 6.09. The number of H-pyrrole nitrogens is 1. The Balaban J connectivity index is 1.47. The molecule has 1 aromatic heterocycles. The fourth-order valence-electron chi connectivity index (χ4n) is 4.79. The van der Waals surface area contributed by atoms with Crippen molar-refractivity contribution in [3.63, 3.8) is 0 Å². The summed E-state index contributed by atoms with van der Waals surface area (Å²) in [5.74, 6) is 3.36. The molecule has 5 unspecified atom stereocenters. The Labute approximate surface area is 106 Å². The van der Waals surface area contributed by atoms with Crippen molar-refractivity contribution < 1.29 is 4.79 Å². The van der Waals surface area contributed by atoms with Crippen LogP contribution in [0.3, 0.4) is 0 Å². The molecule has 3 aliphatic rings. The summed E-state index contributed by atoms with van der Waals surface area (Å²) in [6, 6.07) is 0.374. The lowest BCUT2D eigenvalue weighted by Crippen LogP contribution is -2.42. The maximum atomic E-state index is 12.0. The van der Waals surface area contributed by atoms with Gasteiger partial charge in [0, 0.05) is 6.04 Å². The Bertz CT molecular complexity index is 458. The van der Waals surface area contributed by atoms with E-state index in [1.165, 1.54) is 38.3 Å². The minimum absolute atomic E-state index is 0.0733. The largest absolute Gasteiger partial charge is 0.348 e. The van der Waals surface area contributed by atoms with Gasteiger partial charge in [0.25, 0.3) is 5.91 Å². The highest BCUT2D eigenvalue weighted by Crippen LogP contribution is 2.58. The number of hydrogen-bond acceptors (Lipinski definition) is 3. The first-order valence-corrected chi connectivity index (χ1v) is 6.99. The number of nitrogens with one attached hydrogen (secondary N) is 2. The van der Waals surface area contributed by atoms with E-state index in [9.17, 15) is 4.79 Å². The molecular formula is C13H18N4O. The SMILES string of the molecule is O=C(NC1CC2CC1C1CCCC21)c1cn[nH]n1. The Hall–Kier alpha value is -1.39. The monoisotopic (exact) mass is 246 g/mol. The summed E-state index contributed by atoms with van der Waals surface area (Å²) < 4.78 is 0. The second-order valence-electron chi connectivity index (χ2n) is 6.09. The maximum Gasteiger partial charge on any atom is 0.273 e. The molecule has 0 spiro atoms. The Kier molecular flexibility index (Phi) is 2.22. The van der Waals surface area contributed by atoms with Gasteiger partial charge in [0.2, 0.25) is 0 Å². The number of rotatable bonds is 2. The van der Waals surface area contributed by atoms with Gasteiger partial charge in [0.05, 0.1) is 6.20 Å². The van der Waals surface area contributed by atoms with E-state index in [0.29, 0.717) is 11.7 Å². The molecule has 1 amide bonds. The zero-order valence-electron chi connectivity index (χ0n) is 10.3. The summed E-state index contributed by atoms with van der Waals surface area (Å²) in [5, 5.41) is 13.2. The molecule has 3 saturated carbocycles. The van der Waals surface area contributed by atoms with Gasteiger partial charge in [-0.3, -0.25) is 4.79 Å². The average molecular weight is 246 g/mol. The lowest BCUT2D eigenvalue weighted by Gasteiger charge is -2.31. The van der Waals surface area contributed by atoms with Crippen LogP contribution in [0.1, 0.15) is 42.6 Å². The van der Waals surface area contributed by atoms with Gasteiger partial charge in [-0.05, 0) is 49.4 Å². The van der Waals surface area contributed by atoms with E-state index in [4.69, 9.17) is 0 Å². The van der Waals surface area contributed by atoms with E-state index in [1.807, 2.05) is 0 Å². The molecular weight excluding hydrogens is 228 g/mol. The highest BCUT2D eigenvalue weighted by Gasteiger charge is 2.54. The lowest BCUT2D eigenvalue weighted by molar-refractivity contribution is 0.0896. The summed E-state index contributed by atoms with van der Waals surface area (Å²) in [6.07, 6.45) is 8.19. The minimum atomic E-state index is -0.0733. The van der Waals surface area contributed by atoms with Crippen LogP contribution in [0.5, 0.6) is 0 Å². The van der Waals surface area contributed by atoms with E-state index in [-0.39, 0.29) is 5.91 Å². The predicted molar refractivity (Wildman–Crippen MR) is 64.7 cm³/mol. The number of nitrogens with zero attached hydrogens (tertiary/aromatic N) is 2. The van der Waals surface area contributed by atoms with Crippen molar-refractivity contribution in [2.45, 2.75) is 38.1 Å². The molecule has 5 atom stereocenters. The normalized spacial score (nSPS) is 41.0. The minimum Gasteiger partial charge on any atom is -0.348 e. The third-order valence-electron chi connectivity index (χ3n) is 5.39. The van der Waals surface area contributed by atoms with Gasteiger partial charge in [0.1, 0.15) is 0 Å². The van der Waals surface area contributed by atoms with Crippen molar-refractivity contribution in [2.24, 2.45) is 23.7 Å². The zero-order valence-corrected chi connectivity index (χ0v) is 10.3. The molecule has 0 aliphatic heterocycles. The molecule has 0 radical (unpaired) electrons. The summed E-state index contributed by atoms with van der Waals surface area (Å²) in [6.45, 7) is 0. The van der Waals surface area contributed by atoms with Crippen LogP contribution < -0.4 is 5.32 Å². The molecule has 18 heavy (non-hydrogen) atoms. The number of carbonyl (C=O) groups excluding carboxylic acids is 1. The van der Waals surface area contributed by atoms with Crippen LogP contribution in [0.2, 0.25) is 0 Å². The Morgan fingerprint density at radius 2 is 2.17 bits per heavy atom. The van der Waals surface area contributed by atoms with Crippen molar-refractivity contribution in [3.8, 4) is 0 Å². The van der Waals surface area contributed by atoms with Crippen molar-refractivity contribution in [2.75, 3.05) is 0 Å². The van der Waals surface area contributed by atoms with Crippen LogP contribution in [0.15, 0.2) is 6.20 Å². The van der Waals surface area contributed by atoms with E-state index in [2.05, 4.69) is 20.7 Å². The summed E-state index contributed by atoms with van der Waals surface area (Å²) >= 11 is 0. The molecule has 0 saturated heterocycles. The van der Waals surface area contributed by atoms with E-state index in [1.54, 1.807) is 0 Å². The highest BCUT2D eigenvalue weighted by molar-refractivity contribution is 5.92. The molecule has 5 nitrogen and oxygen atoms in total. The zero-order chi connectivity index (χ0) is 12.1. The van der Waals surface area contributed by atoms with Crippen molar-refractivity contribution in [1.29, 1.82) is 0 Å². The second kappa shape index (κ2) is 3.80. The van der Waals surface area contributed by atoms with Gasteiger partial charge in [0.15, 0.2) is 5.69 Å². The van der Waals surface area contributed by atoms with Crippen LogP contribution in [0, 0.1) is 23.7 Å². The van der Waals surface area contributed by atoms with Crippen LogP contribution in [0.25, 0.3) is 0 Å². The fourth-order valence-corrected chi connectivity index (χ4v) is 4.79. The molecule has 96 valence electrons. The predicted octanol–water partition coefficient (Wildman–Crippen LogP) is 1.36. The first-order chi connectivity index (χ1) is 8.83. The molecule has 3 fully saturated rings.